The Morgan fingerprint density at radius 2 is 1.87 bits per heavy atom. The highest BCUT2D eigenvalue weighted by Crippen LogP contribution is 2.41. The maximum Gasteiger partial charge on any atom is -0.00578 e. The van der Waals surface area contributed by atoms with E-state index in [1.807, 2.05) is 0 Å². The summed E-state index contributed by atoms with van der Waals surface area (Å²) in [7, 11) is 0. The van der Waals surface area contributed by atoms with E-state index in [0.717, 1.165) is 0 Å². The summed E-state index contributed by atoms with van der Waals surface area (Å²) in [5, 5.41) is 0. The molecule has 0 spiro atoms. The van der Waals surface area contributed by atoms with Crippen molar-refractivity contribution in [2.24, 2.45) is 5.41 Å². The molecule has 0 fully saturated rings. The molecule has 15 heavy (non-hydrogen) atoms. The molecule has 0 heterocycles. The summed E-state index contributed by atoms with van der Waals surface area (Å²) in [6.07, 6.45) is 6.07. The first-order valence-electron chi connectivity index (χ1n) is 5.86. The lowest BCUT2D eigenvalue weighted by Gasteiger charge is -2.15. The van der Waals surface area contributed by atoms with Crippen LogP contribution in [0.3, 0.4) is 0 Å². The third-order valence-corrected chi connectivity index (χ3v) is 3.75. The number of hydrogen-bond acceptors (Lipinski definition) is 0. The molecule has 0 aromatic heterocycles. The molecule has 2 aliphatic carbocycles. The molecule has 3 rings (SSSR count). The van der Waals surface area contributed by atoms with Crippen LogP contribution < -0.4 is 0 Å². The smallest absolute Gasteiger partial charge is 0.00578 e. The Hall–Kier alpha value is -1.04. The second kappa shape index (κ2) is 2.75. The number of allylic oxidation sites excluding steroid dienone is 1. The Morgan fingerprint density at radius 1 is 1.07 bits per heavy atom. The molecule has 0 bridgehead atoms. The quantitative estimate of drug-likeness (QED) is 0.595. The first-order valence-corrected chi connectivity index (χ1v) is 5.86. The standard InChI is InChI=1S/C15H18/c1-10-6-11-4-5-12-8-15(2,3)9-14(12)13(11)7-10/h4-6H,7-9H2,1-3H3. The van der Waals surface area contributed by atoms with E-state index in [1.54, 1.807) is 16.7 Å². The van der Waals surface area contributed by atoms with Crippen molar-refractivity contribution in [2.45, 2.75) is 40.0 Å². The van der Waals surface area contributed by atoms with Crippen LogP contribution in [-0.4, -0.2) is 0 Å². The van der Waals surface area contributed by atoms with Gasteiger partial charge in [-0.1, -0.05) is 37.6 Å². The van der Waals surface area contributed by atoms with Gasteiger partial charge in [-0.15, -0.1) is 0 Å². The van der Waals surface area contributed by atoms with Crippen LogP contribution in [0.1, 0.15) is 43.0 Å². The van der Waals surface area contributed by atoms with Crippen LogP contribution in [0.15, 0.2) is 17.7 Å². The Kier molecular flexibility index (Phi) is 1.69. The second-order valence-electron chi connectivity index (χ2n) is 5.96. The summed E-state index contributed by atoms with van der Waals surface area (Å²) in [5.74, 6) is 0. The van der Waals surface area contributed by atoms with Gasteiger partial charge < -0.3 is 0 Å². The molecular formula is C15H18. The van der Waals surface area contributed by atoms with Gasteiger partial charge in [0, 0.05) is 0 Å². The Morgan fingerprint density at radius 3 is 2.67 bits per heavy atom. The normalized spacial score (nSPS) is 21.1. The van der Waals surface area contributed by atoms with Crippen LogP contribution in [-0.2, 0) is 19.3 Å². The molecule has 0 heteroatoms. The lowest BCUT2D eigenvalue weighted by atomic mass is 9.89. The van der Waals surface area contributed by atoms with E-state index in [4.69, 9.17) is 0 Å². The third kappa shape index (κ3) is 1.35. The third-order valence-electron chi connectivity index (χ3n) is 3.75. The number of benzene rings is 1. The van der Waals surface area contributed by atoms with Crippen LogP contribution in [0.5, 0.6) is 0 Å². The van der Waals surface area contributed by atoms with E-state index >= 15 is 0 Å². The zero-order valence-corrected chi connectivity index (χ0v) is 9.85. The summed E-state index contributed by atoms with van der Waals surface area (Å²) in [6, 6.07) is 4.66. The number of hydrogen-bond donors (Lipinski definition) is 0. The SMILES string of the molecule is CC1=Cc2ccc3c(c2C1)CC(C)(C)C3. The highest BCUT2D eigenvalue weighted by molar-refractivity contribution is 5.67. The van der Waals surface area contributed by atoms with E-state index in [-0.39, 0.29) is 0 Å². The van der Waals surface area contributed by atoms with Crippen molar-refractivity contribution in [2.75, 3.05) is 0 Å². The van der Waals surface area contributed by atoms with E-state index < -0.39 is 0 Å². The molecule has 0 amide bonds. The highest BCUT2D eigenvalue weighted by Gasteiger charge is 2.31. The van der Waals surface area contributed by atoms with Crippen molar-refractivity contribution in [3.8, 4) is 0 Å². The summed E-state index contributed by atoms with van der Waals surface area (Å²) < 4.78 is 0. The topological polar surface area (TPSA) is 0 Å². The minimum absolute atomic E-state index is 0.480. The van der Waals surface area contributed by atoms with Gasteiger partial charge in [-0.25, -0.2) is 0 Å². The van der Waals surface area contributed by atoms with Crippen LogP contribution in [0, 0.1) is 5.41 Å². The fourth-order valence-corrected chi connectivity index (χ4v) is 3.14. The monoisotopic (exact) mass is 198 g/mol. The van der Waals surface area contributed by atoms with E-state index in [2.05, 4.69) is 39.0 Å². The number of fused-ring (bicyclic) bond motifs is 3. The highest BCUT2D eigenvalue weighted by atomic mass is 14.4. The molecular weight excluding hydrogens is 180 g/mol. The minimum Gasteiger partial charge on any atom is -0.0683 e. The van der Waals surface area contributed by atoms with Crippen molar-refractivity contribution in [3.63, 3.8) is 0 Å². The molecule has 0 radical (unpaired) electrons. The molecule has 0 saturated carbocycles. The van der Waals surface area contributed by atoms with Crippen molar-refractivity contribution in [3.05, 3.63) is 40.0 Å². The lowest BCUT2D eigenvalue weighted by molar-refractivity contribution is 0.392. The van der Waals surface area contributed by atoms with Gasteiger partial charge >= 0.3 is 0 Å². The Labute approximate surface area is 92.0 Å². The number of rotatable bonds is 0. The van der Waals surface area contributed by atoms with Crippen molar-refractivity contribution < 1.29 is 0 Å². The summed E-state index contributed by atoms with van der Waals surface area (Å²) in [5.41, 5.74) is 8.35. The first kappa shape index (κ1) is 9.21. The summed E-state index contributed by atoms with van der Waals surface area (Å²) in [4.78, 5) is 0. The Bertz CT molecular complexity index is 461. The van der Waals surface area contributed by atoms with Gasteiger partial charge in [-0.05, 0) is 53.9 Å². The molecule has 2 aliphatic rings. The van der Waals surface area contributed by atoms with Crippen LogP contribution >= 0.6 is 0 Å². The van der Waals surface area contributed by atoms with Crippen molar-refractivity contribution in [1.82, 2.24) is 0 Å². The van der Waals surface area contributed by atoms with Gasteiger partial charge in [0.05, 0.1) is 0 Å². The summed E-state index contributed by atoms with van der Waals surface area (Å²) >= 11 is 0. The van der Waals surface area contributed by atoms with Crippen LogP contribution in [0.2, 0.25) is 0 Å². The maximum atomic E-state index is 2.38. The van der Waals surface area contributed by atoms with Crippen LogP contribution in [0.25, 0.3) is 6.08 Å². The van der Waals surface area contributed by atoms with Gasteiger partial charge in [0.25, 0.3) is 0 Å². The van der Waals surface area contributed by atoms with Crippen molar-refractivity contribution >= 4 is 6.08 Å². The second-order valence-corrected chi connectivity index (χ2v) is 5.96. The fourth-order valence-electron chi connectivity index (χ4n) is 3.14. The molecule has 0 atom stereocenters. The van der Waals surface area contributed by atoms with Crippen LogP contribution in [0.4, 0.5) is 0 Å². The zero-order valence-electron chi connectivity index (χ0n) is 9.85. The van der Waals surface area contributed by atoms with Gasteiger partial charge in [0.2, 0.25) is 0 Å². The molecule has 1 aromatic rings. The van der Waals surface area contributed by atoms with Gasteiger partial charge in [0.15, 0.2) is 0 Å². The van der Waals surface area contributed by atoms with Gasteiger partial charge in [-0.2, -0.15) is 0 Å². The summed E-state index contributed by atoms with van der Waals surface area (Å²) in [6.45, 7) is 7.01. The molecule has 0 nitrogen and oxygen atoms in total. The van der Waals surface area contributed by atoms with E-state index in [1.165, 1.54) is 30.4 Å². The predicted molar refractivity (Wildman–Crippen MR) is 65.0 cm³/mol. The molecule has 1 aromatic carbocycles. The Balaban J connectivity index is 2.13. The maximum absolute atomic E-state index is 2.38. The largest absolute Gasteiger partial charge is 0.0683 e. The average Bonchev–Trinajstić information content (AvgIpc) is 2.62. The predicted octanol–water partition coefficient (Wildman–Crippen LogP) is 3.77. The van der Waals surface area contributed by atoms with Crippen molar-refractivity contribution in [1.29, 1.82) is 0 Å². The molecule has 78 valence electrons. The molecule has 0 aliphatic heterocycles. The lowest BCUT2D eigenvalue weighted by Crippen LogP contribution is -2.10. The van der Waals surface area contributed by atoms with Gasteiger partial charge in [-0.3, -0.25) is 0 Å². The fraction of sp³-hybridized carbons (Fsp3) is 0.467. The molecule has 0 N–H and O–H groups in total. The van der Waals surface area contributed by atoms with E-state index in [9.17, 15) is 0 Å². The molecule has 0 saturated heterocycles. The first-order chi connectivity index (χ1) is 7.05. The average molecular weight is 198 g/mol. The minimum atomic E-state index is 0.480. The van der Waals surface area contributed by atoms with E-state index in [0.29, 0.717) is 5.41 Å². The zero-order chi connectivity index (χ0) is 10.6. The van der Waals surface area contributed by atoms with Gasteiger partial charge in [0.1, 0.15) is 0 Å². The molecule has 0 unspecified atom stereocenters.